The zero-order valence-electron chi connectivity index (χ0n) is 14.4. The van der Waals surface area contributed by atoms with E-state index in [2.05, 4.69) is 10.3 Å². The molecule has 8 heteroatoms. The molecule has 0 bridgehead atoms. The average Bonchev–Trinajstić information content (AvgIpc) is 2.41. The molecule has 0 spiro atoms. The Hall–Kier alpha value is -1.71. The molecule has 0 aliphatic carbocycles. The highest BCUT2D eigenvalue weighted by atomic mass is 127. The van der Waals surface area contributed by atoms with Crippen LogP contribution in [0.15, 0.2) is 29.3 Å². The van der Waals surface area contributed by atoms with Crippen molar-refractivity contribution in [3.8, 4) is 5.75 Å². The fourth-order valence-corrected chi connectivity index (χ4v) is 2.06. The van der Waals surface area contributed by atoms with Gasteiger partial charge in [0.05, 0.1) is 13.2 Å². The van der Waals surface area contributed by atoms with E-state index < -0.39 is 5.60 Å². The van der Waals surface area contributed by atoms with Crippen molar-refractivity contribution in [2.24, 2.45) is 10.7 Å². The van der Waals surface area contributed by atoms with Gasteiger partial charge in [0, 0.05) is 18.8 Å². The van der Waals surface area contributed by atoms with Gasteiger partial charge in [-0.2, -0.15) is 0 Å². The van der Waals surface area contributed by atoms with Crippen LogP contribution in [-0.2, 0) is 4.74 Å². The van der Waals surface area contributed by atoms with Crippen LogP contribution in [0.5, 0.6) is 5.75 Å². The lowest BCUT2D eigenvalue weighted by Crippen LogP contribution is -2.54. The summed E-state index contributed by atoms with van der Waals surface area (Å²) in [6.45, 7) is 6.56. The summed E-state index contributed by atoms with van der Waals surface area (Å²) in [6, 6.07) is 7.38. The predicted octanol–water partition coefficient (Wildman–Crippen LogP) is 2.66. The second-order valence-electron chi connectivity index (χ2n) is 6.41. The molecule has 1 aromatic rings. The van der Waals surface area contributed by atoms with E-state index in [0.29, 0.717) is 19.0 Å². The van der Waals surface area contributed by atoms with E-state index >= 15 is 0 Å². The van der Waals surface area contributed by atoms with Crippen LogP contribution in [-0.4, -0.2) is 48.8 Å². The number of guanidine groups is 1. The number of benzene rings is 1. The van der Waals surface area contributed by atoms with Crippen molar-refractivity contribution in [3.05, 3.63) is 24.3 Å². The van der Waals surface area contributed by atoms with Crippen LogP contribution in [0.3, 0.4) is 0 Å². The highest BCUT2D eigenvalue weighted by molar-refractivity contribution is 14.0. The molecule has 24 heavy (non-hydrogen) atoms. The number of nitrogens with one attached hydrogen (secondary N) is 1. The monoisotopic (exact) mass is 448 g/mol. The Kier molecular flexibility index (Phi) is 7.12. The highest BCUT2D eigenvalue weighted by Gasteiger charge is 2.33. The summed E-state index contributed by atoms with van der Waals surface area (Å²) in [6.07, 6.45) is -0.314. The molecule has 7 nitrogen and oxygen atoms in total. The van der Waals surface area contributed by atoms with Gasteiger partial charge >= 0.3 is 6.09 Å². The first-order valence-corrected chi connectivity index (χ1v) is 7.49. The van der Waals surface area contributed by atoms with E-state index in [0.717, 1.165) is 11.4 Å². The Bertz CT molecular complexity index is 578. The quantitative estimate of drug-likeness (QED) is 0.422. The third-order valence-electron chi connectivity index (χ3n) is 3.20. The lowest BCUT2D eigenvalue weighted by molar-refractivity contribution is 0.00905. The van der Waals surface area contributed by atoms with E-state index in [1.165, 1.54) is 0 Å². The molecule has 1 saturated heterocycles. The first-order chi connectivity index (χ1) is 10.8. The van der Waals surface area contributed by atoms with Crippen molar-refractivity contribution in [1.29, 1.82) is 0 Å². The average molecular weight is 448 g/mol. The summed E-state index contributed by atoms with van der Waals surface area (Å²) >= 11 is 0. The molecular weight excluding hydrogens is 423 g/mol. The van der Waals surface area contributed by atoms with Crippen molar-refractivity contribution in [2.75, 3.05) is 25.5 Å². The second-order valence-corrected chi connectivity index (χ2v) is 6.41. The predicted molar refractivity (Wildman–Crippen MR) is 105 cm³/mol. The molecule has 3 N–H and O–H groups in total. The summed E-state index contributed by atoms with van der Waals surface area (Å²) in [7, 11) is 1.62. The fourth-order valence-electron chi connectivity index (χ4n) is 2.06. The molecule has 134 valence electrons. The summed E-state index contributed by atoms with van der Waals surface area (Å²) < 4.78 is 10.4. The molecule has 1 fully saturated rings. The van der Waals surface area contributed by atoms with Crippen LogP contribution in [0.2, 0.25) is 0 Å². The van der Waals surface area contributed by atoms with E-state index in [-0.39, 0.29) is 36.1 Å². The molecule has 0 saturated carbocycles. The number of carbonyl (C=O) groups is 1. The SMILES string of the molecule is COc1ccc(NC(N)=NC2CN(C(=O)OC(C)(C)C)C2)cc1.I. The maximum atomic E-state index is 11.8. The molecule has 1 heterocycles. The minimum atomic E-state index is -0.486. The Morgan fingerprint density at radius 2 is 1.88 bits per heavy atom. The molecular formula is C16H25IN4O3. The third kappa shape index (κ3) is 6.06. The molecule has 0 unspecified atom stereocenters. The lowest BCUT2D eigenvalue weighted by Gasteiger charge is -2.37. The maximum Gasteiger partial charge on any atom is 0.410 e. The van der Waals surface area contributed by atoms with E-state index in [4.69, 9.17) is 15.2 Å². The maximum absolute atomic E-state index is 11.8. The van der Waals surface area contributed by atoms with Crippen molar-refractivity contribution in [1.82, 2.24) is 4.90 Å². The number of rotatable bonds is 3. The molecule has 1 aromatic carbocycles. The van der Waals surface area contributed by atoms with Crippen molar-refractivity contribution >= 4 is 41.7 Å². The number of nitrogens with zero attached hydrogens (tertiary/aromatic N) is 2. The number of nitrogens with two attached hydrogens (primary N) is 1. The van der Waals surface area contributed by atoms with Crippen LogP contribution >= 0.6 is 24.0 Å². The van der Waals surface area contributed by atoms with Gasteiger partial charge in [-0.3, -0.25) is 0 Å². The number of hydrogen-bond donors (Lipinski definition) is 2. The number of carbonyl (C=O) groups excluding carboxylic acids is 1. The van der Waals surface area contributed by atoms with Gasteiger partial charge in [-0.25, -0.2) is 9.79 Å². The second kappa shape index (κ2) is 8.41. The zero-order valence-corrected chi connectivity index (χ0v) is 16.7. The lowest BCUT2D eigenvalue weighted by atomic mass is 10.1. The molecule has 0 atom stereocenters. The van der Waals surface area contributed by atoms with Crippen LogP contribution in [0.4, 0.5) is 10.5 Å². The minimum Gasteiger partial charge on any atom is -0.497 e. The molecule has 0 aromatic heterocycles. The summed E-state index contributed by atoms with van der Waals surface area (Å²) in [5.74, 6) is 1.10. The Labute approximate surface area is 159 Å². The van der Waals surface area contributed by atoms with Gasteiger partial charge in [0.2, 0.25) is 0 Å². The zero-order chi connectivity index (χ0) is 17.0. The van der Waals surface area contributed by atoms with Crippen LogP contribution in [0, 0.1) is 0 Å². The number of anilines is 1. The largest absolute Gasteiger partial charge is 0.497 e. The number of halogens is 1. The highest BCUT2D eigenvalue weighted by Crippen LogP contribution is 2.18. The number of likely N-dealkylation sites (tertiary alicyclic amines) is 1. The smallest absolute Gasteiger partial charge is 0.410 e. The van der Waals surface area contributed by atoms with E-state index in [1.807, 2.05) is 45.0 Å². The Morgan fingerprint density at radius 1 is 1.29 bits per heavy atom. The van der Waals surface area contributed by atoms with Crippen LogP contribution in [0.25, 0.3) is 0 Å². The summed E-state index contributed by atoms with van der Waals surface area (Å²) in [5.41, 5.74) is 6.23. The molecule has 0 radical (unpaired) electrons. The minimum absolute atomic E-state index is 0. The molecule has 1 aliphatic rings. The van der Waals surface area contributed by atoms with Crippen molar-refractivity contribution in [3.63, 3.8) is 0 Å². The van der Waals surface area contributed by atoms with E-state index in [9.17, 15) is 4.79 Å². The Morgan fingerprint density at radius 3 is 2.38 bits per heavy atom. The number of methoxy groups -OCH3 is 1. The summed E-state index contributed by atoms with van der Waals surface area (Å²) in [4.78, 5) is 17.8. The number of aliphatic imine (C=N–C) groups is 1. The summed E-state index contributed by atoms with van der Waals surface area (Å²) in [5, 5.41) is 3.01. The van der Waals surface area contributed by atoms with Crippen molar-refractivity contribution < 1.29 is 14.3 Å². The number of hydrogen-bond acceptors (Lipinski definition) is 4. The normalized spacial score (nSPS) is 15.2. The van der Waals surface area contributed by atoms with Crippen molar-refractivity contribution in [2.45, 2.75) is 32.4 Å². The van der Waals surface area contributed by atoms with Gasteiger partial charge in [-0.1, -0.05) is 0 Å². The molecule has 1 aliphatic heterocycles. The van der Waals surface area contributed by atoms with Gasteiger partial charge in [0.15, 0.2) is 5.96 Å². The first-order valence-electron chi connectivity index (χ1n) is 7.49. The van der Waals surface area contributed by atoms with E-state index in [1.54, 1.807) is 12.0 Å². The number of amides is 1. The van der Waals surface area contributed by atoms with Crippen LogP contribution in [0.1, 0.15) is 20.8 Å². The number of ether oxygens (including phenoxy) is 2. The van der Waals surface area contributed by atoms with Crippen LogP contribution < -0.4 is 15.8 Å². The van der Waals surface area contributed by atoms with Gasteiger partial charge in [0.25, 0.3) is 0 Å². The molecule has 2 rings (SSSR count). The Balaban J connectivity index is 0.00000288. The topological polar surface area (TPSA) is 89.2 Å². The first kappa shape index (κ1) is 20.3. The fraction of sp³-hybridized carbons (Fsp3) is 0.500. The van der Waals surface area contributed by atoms with Gasteiger partial charge in [0.1, 0.15) is 11.4 Å². The standard InChI is InChI=1S/C16H24N4O3.HI/c1-16(2,3)23-15(21)20-9-12(10-20)19-14(17)18-11-5-7-13(22-4)8-6-11;/h5-8,12H,9-10H2,1-4H3,(H3,17,18,19);1H. The van der Waals surface area contributed by atoms with Gasteiger partial charge in [-0.15, -0.1) is 24.0 Å². The van der Waals surface area contributed by atoms with Gasteiger partial charge in [-0.05, 0) is 45.0 Å². The van der Waals surface area contributed by atoms with Gasteiger partial charge < -0.3 is 25.4 Å². The molecule has 1 amide bonds. The third-order valence-corrected chi connectivity index (χ3v) is 3.20.